The smallest absolute Gasteiger partial charge is 0.317 e. The van der Waals surface area contributed by atoms with Crippen LogP contribution in [-0.4, -0.2) is 27.7 Å². The Morgan fingerprint density at radius 2 is 1.82 bits per heavy atom. The van der Waals surface area contributed by atoms with E-state index >= 15 is 0 Å². The molecule has 0 saturated carbocycles. The van der Waals surface area contributed by atoms with E-state index in [1.165, 1.54) is 11.8 Å². The Labute approximate surface area is 104 Å². The third kappa shape index (κ3) is 8.18. The van der Waals surface area contributed by atoms with Crippen molar-refractivity contribution in [3.8, 4) is 0 Å². The number of thioether (sulfide) groups is 1. The molecule has 0 aromatic heterocycles. The minimum absolute atomic E-state index is 0.278. The maximum absolute atomic E-state index is 9.24. The molecule has 0 aliphatic carbocycles. The fraction of sp³-hybridized carbons (Fsp3) is 0.182. The van der Waals surface area contributed by atoms with E-state index in [4.69, 9.17) is 15.9 Å². The van der Waals surface area contributed by atoms with Crippen molar-refractivity contribution in [1.82, 2.24) is 0 Å². The molecule has 0 spiro atoms. The van der Waals surface area contributed by atoms with Crippen LogP contribution in [-0.2, 0) is 4.79 Å². The van der Waals surface area contributed by atoms with Gasteiger partial charge in [0.1, 0.15) is 5.04 Å². The third-order valence-corrected chi connectivity index (χ3v) is 2.21. The molecule has 1 aromatic rings. The zero-order chi connectivity index (χ0) is 13.3. The van der Waals surface area contributed by atoms with Crippen molar-refractivity contribution in [3.05, 3.63) is 35.9 Å². The first-order valence-corrected chi connectivity index (χ1v) is 5.57. The van der Waals surface area contributed by atoms with E-state index in [9.17, 15) is 4.79 Å². The minimum Gasteiger partial charge on any atom is -0.480 e. The van der Waals surface area contributed by atoms with E-state index in [-0.39, 0.29) is 6.54 Å². The molecule has 17 heavy (non-hydrogen) atoms. The van der Waals surface area contributed by atoms with Gasteiger partial charge in [-0.2, -0.15) is 0 Å². The number of carbonyl (C=O) groups is 1. The van der Waals surface area contributed by atoms with Gasteiger partial charge in [0.2, 0.25) is 0 Å². The Morgan fingerprint density at radius 3 is 2.18 bits per heavy atom. The Balaban J connectivity index is 0.000000437. The van der Waals surface area contributed by atoms with Gasteiger partial charge in [0.25, 0.3) is 0 Å². The van der Waals surface area contributed by atoms with Crippen LogP contribution in [0.4, 0.5) is 0 Å². The van der Waals surface area contributed by atoms with Gasteiger partial charge in [-0.3, -0.25) is 15.6 Å². The van der Waals surface area contributed by atoms with Crippen LogP contribution in [0.15, 0.2) is 30.3 Å². The first-order valence-electron chi connectivity index (χ1n) is 4.76. The summed E-state index contributed by atoms with van der Waals surface area (Å²) in [5, 5.41) is 23.3. The molecule has 6 heteroatoms. The normalized spacial score (nSPS) is 8.82. The topological polar surface area (TPSA) is 111 Å². The number of nitrogens with two attached hydrogens (primary N) is 1. The zero-order valence-corrected chi connectivity index (χ0v) is 10.3. The van der Waals surface area contributed by atoms with Gasteiger partial charge in [-0.1, -0.05) is 42.1 Å². The highest BCUT2D eigenvalue weighted by atomic mass is 32.2. The highest BCUT2D eigenvalue weighted by Gasteiger charge is 2.01. The molecule has 5 nitrogen and oxygen atoms in total. The van der Waals surface area contributed by atoms with Gasteiger partial charge >= 0.3 is 5.97 Å². The minimum atomic E-state index is -0.968. The second-order valence-electron chi connectivity index (χ2n) is 2.95. The molecular weight excluding hydrogens is 238 g/mol. The molecule has 0 fully saturated rings. The number of hydrogen-bond acceptors (Lipinski definition) is 5. The molecule has 0 atom stereocenters. The summed E-state index contributed by atoms with van der Waals surface area (Å²) in [6, 6.07) is 9.45. The molecule has 0 aliphatic heterocycles. The van der Waals surface area contributed by atoms with Gasteiger partial charge in [0, 0.05) is 5.56 Å². The van der Waals surface area contributed by atoms with Crippen molar-refractivity contribution >= 4 is 27.8 Å². The first-order chi connectivity index (χ1) is 7.97. The zero-order valence-electron chi connectivity index (χ0n) is 9.43. The fourth-order valence-electron chi connectivity index (χ4n) is 0.802. The van der Waals surface area contributed by atoms with E-state index in [1.54, 1.807) is 6.92 Å². The van der Waals surface area contributed by atoms with Gasteiger partial charge in [0.05, 0.1) is 11.6 Å². The largest absolute Gasteiger partial charge is 0.480 e. The van der Waals surface area contributed by atoms with Gasteiger partial charge < -0.3 is 10.8 Å². The maximum Gasteiger partial charge on any atom is 0.317 e. The van der Waals surface area contributed by atoms with Crippen molar-refractivity contribution in [2.45, 2.75) is 6.92 Å². The first kappa shape index (κ1) is 15.3. The second kappa shape index (κ2) is 8.49. The summed E-state index contributed by atoms with van der Waals surface area (Å²) in [6.45, 7) is 1.40. The number of rotatable bonds is 2. The Hall–Kier alpha value is -1.66. The number of benzene rings is 1. The van der Waals surface area contributed by atoms with Gasteiger partial charge in [-0.05, 0) is 6.92 Å². The van der Waals surface area contributed by atoms with Crippen molar-refractivity contribution < 1.29 is 9.90 Å². The van der Waals surface area contributed by atoms with Crippen LogP contribution in [0.3, 0.4) is 0 Å². The molecule has 0 unspecified atom stereocenters. The molecule has 0 saturated heterocycles. The number of hydrogen-bond donors (Lipinski definition) is 4. The van der Waals surface area contributed by atoms with Crippen LogP contribution >= 0.6 is 11.8 Å². The van der Waals surface area contributed by atoms with Crippen molar-refractivity contribution in [2.75, 3.05) is 6.54 Å². The summed E-state index contributed by atoms with van der Waals surface area (Å²) in [5.41, 5.74) is 5.44. The molecule has 1 aromatic carbocycles. The maximum atomic E-state index is 9.24. The molecule has 1 rings (SSSR count). The average molecular weight is 253 g/mol. The average Bonchev–Trinajstić information content (AvgIpc) is 2.30. The van der Waals surface area contributed by atoms with Crippen LogP contribution in [0.25, 0.3) is 0 Å². The number of carboxylic acids is 1. The summed E-state index contributed by atoms with van der Waals surface area (Å²) in [4.78, 5) is 9.24. The van der Waals surface area contributed by atoms with Gasteiger partial charge in [-0.25, -0.2) is 0 Å². The molecule has 92 valence electrons. The number of aliphatic carboxylic acids is 1. The molecule has 0 amide bonds. The van der Waals surface area contributed by atoms with Crippen LogP contribution in [0.2, 0.25) is 0 Å². The summed E-state index contributed by atoms with van der Waals surface area (Å²) in [7, 11) is 0. The number of carboxylic acid groups (broad SMARTS) is 1. The summed E-state index contributed by atoms with van der Waals surface area (Å²) in [6.07, 6.45) is 0. The third-order valence-electron chi connectivity index (χ3n) is 1.47. The molecule has 5 N–H and O–H groups in total. The summed E-state index contributed by atoms with van der Waals surface area (Å²) in [5.74, 6) is -0.968. The lowest BCUT2D eigenvalue weighted by molar-refractivity contribution is -0.135. The highest BCUT2D eigenvalue weighted by molar-refractivity contribution is 8.26. The predicted octanol–water partition coefficient (Wildman–Crippen LogP) is 1.77. The lowest BCUT2D eigenvalue weighted by Crippen LogP contribution is -2.10. The van der Waals surface area contributed by atoms with E-state index in [1.807, 2.05) is 30.3 Å². The van der Waals surface area contributed by atoms with Crippen LogP contribution in [0, 0.1) is 10.8 Å². The monoisotopic (exact) mass is 253 g/mol. The molecule has 0 heterocycles. The van der Waals surface area contributed by atoms with Crippen molar-refractivity contribution in [2.24, 2.45) is 5.73 Å². The van der Waals surface area contributed by atoms with E-state index in [0.717, 1.165) is 5.56 Å². The lowest BCUT2D eigenvalue weighted by atomic mass is 10.2. The quantitative estimate of drug-likeness (QED) is 0.475. The summed E-state index contributed by atoms with van der Waals surface area (Å²) >= 11 is 1.17. The highest BCUT2D eigenvalue weighted by Crippen LogP contribution is 2.12. The van der Waals surface area contributed by atoms with E-state index in [2.05, 4.69) is 5.73 Å². The molecule has 0 bridgehead atoms. The van der Waals surface area contributed by atoms with Crippen molar-refractivity contribution in [1.29, 1.82) is 10.8 Å². The van der Waals surface area contributed by atoms with Crippen LogP contribution in [0.5, 0.6) is 0 Å². The molecule has 0 radical (unpaired) electrons. The predicted molar refractivity (Wildman–Crippen MR) is 71.0 cm³/mol. The van der Waals surface area contributed by atoms with Crippen molar-refractivity contribution in [3.63, 3.8) is 0 Å². The van der Waals surface area contributed by atoms with Gasteiger partial charge in [0.15, 0.2) is 0 Å². The Kier molecular flexibility index (Phi) is 7.66. The SMILES string of the molecule is CC(=N)SC(=N)c1ccccc1.NCC(=O)O. The summed E-state index contributed by atoms with van der Waals surface area (Å²) < 4.78 is 0. The lowest BCUT2D eigenvalue weighted by Gasteiger charge is -2.00. The van der Waals surface area contributed by atoms with Crippen LogP contribution < -0.4 is 5.73 Å². The van der Waals surface area contributed by atoms with E-state index in [0.29, 0.717) is 10.1 Å². The standard InChI is InChI=1S/C9H10N2S.C2H5NO2/c1-7(10)12-9(11)8-5-3-2-4-6-8;3-1-2(4)5/h2-6,10-11H,1H3;1,3H2,(H,4,5). The Bertz CT molecular complexity index is 393. The molecular formula is C11H15N3O2S. The Morgan fingerprint density at radius 1 is 1.35 bits per heavy atom. The number of nitrogens with one attached hydrogen (secondary N) is 2. The second-order valence-corrected chi connectivity index (χ2v) is 4.18. The fourth-order valence-corrected chi connectivity index (χ4v) is 1.36. The van der Waals surface area contributed by atoms with Gasteiger partial charge in [-0.15, -0.1) is 0 Å². The van der Waals surface area contributed by atoms with Crippen LogP contribution in [0.1, 0.15) is 12.5 Å². The van der Waals surface area contributed by atoms with E-state index < -0.39 is 5.97 Å². The molecule has 0 aliphatic rings.